The van der Waals surface area contributed by atoms with E-state index in [-0.39, 0.29) is 5.02 Å². The lowest BCUT2D eigenvalue weighted by atomic mass is 10.1. The van der Waals surface area contributed by atoms with Gasteiger partial charge in [0, 0.05) is 4.47 Å². The molecular formula is C14H12BrClFN3O. The highest BCUT2D eigenvalue weighted by Crippen LogP contribution is 2.32. The lowest BCUT2D eigenvalue weighted by Crippen LogP contribution is -2.18. The molecule has 1 amide bonds. The van der Waals surface area contributed by atoms with Crippen molar-refractivity contribution in [2.75, 3.05) is 10.7 Å². The van der Waals surface area contributed by atoms with Crippen LogP contribution < -0.4 is 16.6 Å². The first kappa shape index (κ1) is 15.8. The summed E-state index contributed by atoms with van der Waals surface area (Å²) >= 11 is 9.11. The maximum absolute atomic E-state index is 13.2. The molecule has 0 radical (unpaired) electrons. The zero-order valence-corrected chi connectivity index (χ0v) is 13.3. The molecule has 2 aromatic rings. The first-order valence-corrected chi connectivity index (χ1v) is 7.12. The average Bonchev–Trinajstić information content (AvgIpc) is 2.42. The fourth-order valence-electron chi connectivity index (χ4n) is 1.82. The SMILES string of the molecule is Cc1ccc(C(=O)Nc2c(Cl)cc(F)cc2Br)c(NN)c1. The number of benzene rings is 2. The number of amides is 1. The fourth-order valence-corrected chi connectivity index (χ4v) is 2.72. The molecule has 110 valence electrons. The summed E-state index contributed by atoms with van der Waals surface area (Å²) < 4.78 is 13.5. The van der Waals surface area contributed by atoms with Gasteiger partial charge in [0.15, 0.2) is 0 Å². The van der Waals surface area contributed by atoms with Crippen molar-refractivity contribution in [3.63, 3.8) is 0 Å². The van der Waals surface area contributed by atoms with Gasteiger partial charge in [-0.2, -0.15) is 0 Å². The summed E-state index contributed by atoms with van der Waals surface area (Å²) in [7, 11) is 0. The summed E-state index contributed by atoms with van der Waals surface area (Å²) in [5.41, 5.74) is 4.58. The Kier molecular flexibility index (Phi) is 4.82. The third kappa shape index (κ3) is 3.53. The number of halogens is 3. The number of nitrogens with two attached hydrogens (primary N) is 1. The maximum atomic E-state index is 13.2. The van der Waals surface area contributed by atoms with Gasteiger partial charge in [-0.3, -0.25) is 10.6 Å². The van der Waals surface area contributed by atoms with Gasteiger partial charge in [0.05, 0.1) is 22.0 Å². The van der Waals surface area contributed by atoms with Crippen molar-refractivity contribution < 1.29 is 9.18 Å². The first-order valence-electron chi connectivity index (χ1n) is 5.95. The predicted molar refractivity (Wildman–Crippen MR) is 86.1 cm³/mol. The van der Waals surface area contributed by atoms with E-state index in [1.54, 1.807) is 18.2 Å². The van der Waals surface area contributed by atoms with Crippen molar-refractivity contribution in [2.45, 2.75) is 6.92 Å². The molecule has 2 rings (SSSR count). The van der Waals surface area contributed by atoms with E-state index in [4.69, 9.17) is 17.4 Å². The van der Waals surface area contributed by atoms with Crippen LogP contribution >= 0.6 is 27.5 Å². The molecule has 0 aliphatic heterocycles. The number of hydrazine groups is 1. The third-order valence-electron chi connectivity index (χ3n) is 2.82. The van der Waals surface area contributed by atoms with Gasteiger partial charge in [-0.05, 0) is 52.7 Å². The molecule has 4 N–H and O–H groups in total. The van der Waals surface area contributed by atoms with Gasteiger partial charge in [0.1, 0.15) is 5.82 Å². The Morgan fingerprint density at radius 3 is 2.67 bits per heavy atom. The molecule has 2 aromatic carbocycles. The smallest absolute Gasteiger partial charge is 0.257 e. The molecule has 4 nitrogen and oxygen atoms in total. The van der Waals surface area contributed by atoms with Crippen molar-refractivity contribution in [1.82, 2.24) is 0 Å². The van der Waals surface area contributed by atoms with Crippen LogP contribution in [0.5, 0.6) is 0 Å². The summed E-state index contributed by atoms with van der Waals surface area (Å²) in [5, 5.41) is 2.74. The molecule has 0 saturated carbocycles. The van der Waals surface area contributed by atoms with E-state index in [1.165, 1.54) is 6.07 Å². The number of aryl methyl sites for hydroxylation is 1. The second kappa shape index (κ2) is 6.43. The Morgan fingerprint density at radius 2 is 2.05 bits per heavy atom. The van der Waals surface area contributed by atoms with Gasteiger partial charge in [-0.15, -0.1) is 0 Å². The summed E-state index contributed by atoms with van der Waals surface area (Å²) in [6.45, 7) is 1.88. The van der Waals surface area contributed by atoms with E-state index >= 15 is 0 Å². The number of anilines is 2. The Morgan fingerprint density at radius 1 is 1.33 bits per heavy atom. The Hall–Kier alpha value is -1.63. The van der Waals surface area contributed by atoms with Crippen molar-refractivity contribution >= 4 is 44.8 Å². The molecule has 21 heavy (non-hydrogen) atoms. The zero-order chi connectivity index (χ0) is 15.6. The van der Waals surface area contributed by atoms with Gasteiger partial charge in [-0.1, -0.05) is 17.7 Å². The van der Waals surface area contributed by atoms with E-state index in [9.17, 15) is 9.18 Å². The van der Waals surface area contributed by atoms with Crippen LogP contribution in [0.1, 0.15) is 15.9 Å². The minimum absolute atomic E-state index is 0.101. The van der Waals surface area contributed by atoms with Crippen molar-refractivity contribution in [2.24, 2.45) is 5.84 Å². The highest BCUT2D eigenvalue weighted by molar-refractivity contribution is 9.10. The van der Waals surface area contributed by atoms with Gasteiger partial charge in [-0.25, -0.2) is 4.39 Å². The standard InChI is InChI=1S/C14H12BrClFN3O/c1-7-2-3-9(12(4-7)20-18)14(21)19-13-10(15)5-8(17)6-11(13)16/h2-6,20H,18H2,1H3,(H,19,21). The summed E-state index contributed by atoms with van der Waals surface area (Å²) in [6, 6.07) is 7.52. The maximum Gasteiger partial charge on any atom is 0.257 e. The first-order chi connectivity index (χ1) is 9.92. The van der Waals surface area contributed by atoms with Crippen molar-refractivity contribution in [3.05, 3.63) is 56.8 Å². The van der Waals surface area contributed by atoms with Crippen LogP contribution in [0.2, 0.25) is 5.02 Å². The summed E-state index contributed by atoms with van der Waals surface area (Å²) in [4.78, 5) is 12.3. The van der Waals surface area contributed by atoms with E-state index in [0.717, 1.165) is 11.6 Å². The minimum atomic E-state index is -0.496. The van der Waals surface area contributed by atoms with Gasteiger partial charge in [0.2, 0.25) is 0 Å². The molecule has 0 atom stereocenters. The number of hydrogen-bond donors (Lipinski definition) is 3. The fraction of sp³-hybridized carbons (Fsp3) is 0.0714. The lowest BCUT2D eigenvalue weighted by molar-refractivity contribution is 0.102. The normalized spacial score (nSPS) is 10.3. The highest BCUT2D eigenvalue weighted by Gasteiger charge is 2.15. The molecule has 7 heteroatoms. The van der Waals surface area contributed by atoms with Gasteiger partial charge < -0.3 is 10.7 Å². The Balaban J connectivity index is 2.35. The molecule has 0 unspecified atom stereocenters. The summed E-state index contributed by atoms with van der Waals surface area (Å²) in [5.74, 6) is 4.51. The second-order valence-electron chi connectivity index (χ2n) is 4.39. The molecule has 0 heterocycles. The number of carbonyl (C=O) groups excluding carboxylic acids is 1. The van der Waals surface area contributed by atoms with Crippen LogP contribution in [-0.4, -0.2) is 5.91 Å². The molecule has 0 aromatic heterocycles. The molecule has 0 saturated heterocycles. The zero-order valence-electron chi connectivity index (χ0n) is 11.0. The molecular weight excluding hydrogens is 361 g/mol. The van der Waals surface area contributed by atoms with E-state index in [2.05, 4.69) is 26.7 Å². The second-order valence-corrected chi connectivity index (χ2v) is 5.65. The van der Waals surface area contributed by atoms with Crippen LogP contribution in [0.25, 0.3) is 0 Å². The molecule has 0 fully saturated rings. The van der Waals surface area contributed by atoms with E-state index in [1.807, 2.05) is 6.92 Å². The molecule has 0 bridgehead atoms. The van der Waals surface area contributed by atoms with E-state index in [0.29, 0.717) is 21.4 Å². The van der Waals surface area contributed by atoms with Crippen molar-refractivity contribution in [1.29, 1.82) is 0 Å². The molecule has 0 aliphatic carbocycles. The van der Waals surface area contributed by atoms with Crippen LogP contribution in [0.15, 0.2) is 34.8 Å². The van der Waals surface area contributed by atoms with E-state index < -0.39 is 11.7 Å². The summed E-state index contributed by atoms with van der Waals surface area (Å²) in [6.07, 6.45) is 0. The Bertz CT molecular complexity index is 686. The Labute approximate surface area is 134 Å². The number of nitrogens with one attached hydrogen (secondary N) is 2. The van der Waals surface area contributed by atoms with Crippen LogP contribution in [-0.2, 0) is 0 Å². The number of rotatable bonds is 3. The minimum Gasteiger partial charge on any atom is -0.323 e. The lowest BCUT2D eigenvalue weighted by Gasteiger charge is -2.13. The van der Waals surface area contributed by atoms with Gasteiger partial charge >= 0.3 is 0 Å². The number of nitrogen functional groups attached to an aromatic ring is 1. The predicted octanol–water partition coefficient (Wildman–Crippen LogP) is 4.09. The monoisotopic (exact) mass is 371 g/mol. The van der Waals surface area contributed by atoms with Gasteiger partial charge in [0.25, 0.3) is 5.91 Å². The third-order valence-corrected chi connectivity index (χ3v) is 3.74. The number of hydrogen-bond acceptors (Lipinski definition) is 3. The average molecular weight is 373 g/mol. The van der Waals surface area contributed by atoms with Crippen LogP contribution in [0.3, 0.4) is 0 Å². The van der Waals surface area contributed by atoms with Crippen LogP contribution in [0, 0.1) is 12.7 Å². The largest absolute Gasteiger partial charge is 0.323 e. The van der Waals surface area contributed by atoms with Crippen LogP contribution in [0.4, 0.5) is 15.8 Å². The van der Waals surface area contributed by atoms with Crippen molar-refractivity contribution in [3.8, 4) is 0 Å². The highest BCUT2D eigenvalue weighted by atomic mass is 79.9. The quantitative estimate of drug-likeness (QED) is 0.561. The number of carbonyl (C=O) groups is 1. The topological polar surface area (TPSA) is 67.2 Å². The molecule has 0 spiro atoms. The molecule has 0 aliphatic rings.